The van der Waals surface area contributed by atoms with Crippen LogP contribution in [0, 0.1) is 17.7 Å². The number of nitrogens with two attached hydrogens (primary N) is 2. The zero-order valence-corrected chi connectivity index (χ0v) is 21.0. The van der Waals surface area contributed by atoms with Gasteiger partial charge in [-0.25, -0.2) is 0 Å². The normalized spacial score (nSPS) is 16.0. The van der Waals surface area contributed by atoms with E-state index in [1.165, 1.54) is 6.07 Å². The second-order valence-corrected chi connectivity index (χ2v) is 9.36. The molecule has 0 bridgehead atoms. The van der Waals surface area contributed by atoms with Crippen LogP contribution in [0.5, 0.6) is 0 Å². The fraction of sp³-hybridized carbons (Fsp3) is 0.296. The van der Waals surface area contributed by atoms with E-state index < -0.39 is 17.6 Å². The highest BCUT2D eigenvalue weighted by atomic mass is 19.4. The van der Waals surface area contributed by atoms with Gasteiger partial charge in [-0.1, -0.05) is 30.4 Å². The molecule has 0 aliphatic carbocycles. The van der Waals surface area contributed by atoms with Crippen molar-refractivity contribution >= 4 is 34.7 Å². The van der Waals surface area contributed by atoms with Gasteiger partial charge in [0.05, 0.1) is 11.3 Å². The van der Waals surface area contributed by atoms with Crippen LogP contribution in [0.15, 0.2) is 48.6 Å². The number of anilines is 1. The number of amides is 1. The topological polar surface area (TPSA) is 135 Å². The van der Waals surface area contributed by atoms with E-state index in [-0.39, 0.29) is 23.2 Å². The largest absolute Gasteiger partial charge is 0.418 e. The van der Waals surface area contributed by atoms with Gasteiger partial charge < -0.3 is 26.6 Å². The van der Waals surface area contributed by atoms with Gasteiger partial charge in [-0.15, -0.1) is 0 Å². The van der Waals surface area contributed by atoms with Crippen molar-refractivity contribution in [2.45, 2.75) is 25.9 Å². The van der Waals surface area contributed by atoms with Crippen LogP contribution in [0.4, 0.5) is 18.9 Å². The van der Waals surface area contributed by atoms with Crippen molar-refractivity contribution in [1.29, 1.82) is 10.8 Å². The first-order chi connectivity index (χ1) is 17.9. The van der Waals surface area contributed by atoms with Gasteiger partial charge in [0.15, 0.2) is 11.9 Å². The van der Waals surface area contributed by atoms with Gasteiger partial charge in [-0.2, -0.15) is 13.2 Å². The number of alkyl halides is 3. The van der Waals surface area contributed by atoms with Crippen molar-refractivity contribution in [3.05, 3.63) is 76.4 Å². The summed E-state index contributed by atoms with van der Waals surface area (Å²) >= 11 is 0. The molecule has 0 saturated carbocycles. The number of nitrogens with one attached hydrogen (secondary N) is 3. The monoisotopic (exact) mass is 525 g/mol. The highest BCUT2D eigenvalue weighted by Crippen LogP contribution is 2.38. The maximum atomic E-state index is 14.0. The highest BCUT2D eigenvalue weighted by Gasteiger charge is 2.35. The number of carbonyl (C=O) groups is 1. The molecule has 8 nitrogen and oxygen atoms in total. The third-order valence-electron chi connectivity index (χ3n) is 6.89. The Bertz CT molecular complexity index is 1350. The van der Waals surface area contributed by atoms with Gasteiger partial charge in [-0.05, 0) is 65.8 Å². The molecule has 0 fully saturated rings. The molecule has 0 spiro atoms. The summed E-state index contributed by atoms with van der Waals surface area (Å²) in [6, 6.07) is 9.15. The van der Waals surface area contributed by atoms with Crippen LogP contribution in [0.2, 0.25) is 0 Å². The van der Waals surface area contributed by atoms with E-state index >= 15 is 0 Å². The Hall–Kier alpha value is -4.28. The fourth-order valence-corrected chi connectivity index (χ4v) is 4.70. The van der Waals surface area contributed by atoms with Gasteiger partial charge in [-0.3, -0.25) is 15.6 Å². The number of nitrogens with zero attached hydrogens (tertiary/aromatic N) is 2. The Morgan fingerprint density at radius 1 is 0.895 bits per heavy atom. The minimum absolute atomic E-state index is 0.0184. The molecule has 38 heavy (non-hydrogen) atoms. The standard InChI is InChI=1S/C27H30F3N7O/c1-16-14-19(17-6-10-36(11-7-17)25(31)32)2-4-21(16)24(38)35-23-5-3-20(15-22(23)27(28,29)30)18-8-12-37(13-9-18)26(33)34/h2-6,8,14-15H,7,9-13H2,1H3,(H3,31,32)(H3,33,34)(H,35,38). The average Bonchev–Trinajstić information content (AvgIpc) is 2.88. The van der Waals surface area contributed by atoms with Crippen molar-refractivity contribution in [3.8, 4) is 0 Å². The fourth-order valence-electron chi connectivity index (χ4n) is 4.70. The number of benzene rings is 2. The number of aryl methyl sites for hydroxylation is 1. The van der Waals surface area contributed by atoms with Gasteiger partial charge in [0.1, 0.15) is 0 Å². The highest BCUT2D eigenvalue weighted by molar-refractivity contribution is 6.06. The molecule has 0 atom stereocenters. The second-order valence-electron chi connectivity index (χ2n) is 9.36. The molecule has 0 saturated heterocycles. The van der Waals surface area contributed by atoms with Gasteiger partial charge >= 0.3 is 6.18 Å². The lowest BCUT2D eigenvalue weighted by atomic mass is 9.95. The summed E-state index contributed by atoms with van der Waals surface area (Å²) in [5.74, 6) is -0.681. The van der Waals surface area contributed by atoms with Crippen LogP contribution >= 0.6 is 0 Å². The number of hydrogen-bond donors (Lipinski definition) is 5. The predicted molar refractivity (Wildman–Crippen MR) is 143 cm³/mol. The Morgan fingerprint density at radius 3 is 1.87 bits per heavy atom. The van der Waals surface area contributed by atoms with Crippen LogP contribution in [-0.4, -0.2) is 53.8 Å². The zero-order valence-electron chi connectivity index (χ0n) is 21.0. The number of guanidine groups is 2. The third-order valence-corrected chi connectivity index (χ3v) is 6.89. The minimum atomic E-state index is -4.67. The van der Waals surface area contributed by atoms with E-state index in [0.717, 1.165) is 22.8 Å². The van der Waals surface area contributed by atoms with Crippen LogP contribution in [0.25, 0.3) is 11.1 Å². The summed E-state index contributed by atoms with van der Waals surface area (Å²) in [7, 11) is 0. The molecule has 0 aromatic heterocycles. The Morgan fingerprint density at radius 2 is 1.42 bits per heavy atom. The van der Waals surface area contributed by atoms with Crippen LogP contribution in [0.3, 0.4) is 0 Å². The molecular formula is C27H30F3N7O. The van der Waals surface area contributed by atoms with Crippen molar-refractivity contribution < 1.29 is 18.0 Å². The number of rotatable bonds is 4. The number of carbonyl (C=O) groups excluding carboxylic acids is 1. The first-order valence-electron chi connectivity index (χ1n) is 12.1. The SMILES string of the molecule is Cc1cc(C2=CCN(C(=N)N)CC2)ccc1C(=O)Nc1ccc(C2=CCN(C(=N)N)CC2)cc1C(F)(F)F. The van der Waals surface area contributed by atoms with Crippen LogP contribution < -0.4 is 16.8 Å². The van der Waals surface area contributed by atoms with Crippen LogP contribution in [-0.2, 0) is 6.18 Å². The molecule has 2 aliphatic heterocycles. The summed E-state index contributed by atoms with van der Waals surface area (Å²) < 4.78 is 41.9. The quantitative estimate of drug-likeness (QED) is 0.301. The molecule has 200 valence electrons. The molecule has 11 heteroatoms. The van der Waals surface area contributed by atoms with E-state index in [0.29, 0.717) is 50.1 Å². The van der Waals surface area contributed by atoms with E-state index in [1.807, 2.05) is 12.1 Å². The summed E-state index contributed by atoms with van der Waals surface area (Å²) in [4.78, 5) is 16.4. The summed E-state index contributed by atoms with van der Waals surface area (Å²) in [5.41, 5.74) is 13.9. The second kappa shape index (κ2) is 10.6. The molecule has 2 aromatic carbocycles. The third kappa shape index (κ3) is 5.82. The maximum absolute atomic E-state index is 14.0. The smallest absolute Gasteiger partial charge is 0.370 e. The molecule has 0 radical (unpaired) electrons. The molecule has 1 amide bonds. The molecule has 2 aliphatic rings. The minimum Gasteiger partial charge on any atom is -0.370 e. The van der Waals surface area contributed by atoms with Crippen molar-refractivity contribution in [2.75, 3.05) is 31.5 Å². The Balaban J connectivity index is 1.54. The van der Waals surface area contributed by atoms with Crippen molar-refractivity contribution in [1.82, 2.24) is 9.80 Å². The Kier molecular flexibility index (Phi) is 7.47. The molecule has 0 unspecified atom stereocenters. The average molecular weight is 526 g/mol. The van der Waals surface area contributed by atoms with E-state index in [2.05, 4.69) is 5.32 Å². The maximum Gasteiger partial charge on any atom is 0.418 e. The summed E-state index contributed by atoms with van der Waals surface area (Å²) in [6.45, 7) is 3.68. The van der Waals surface area contributed by atoms with E-state index in [9.17, 15) is 18.0 Å². The van der Waals surface area contributed by atoms with Crippen molar-refractivity contribution in [3.63, 3.8) is 0 Å². The van der Waals surface area contributed by atoms with E-state index in [4.69, 9.17) is 22.3 Å². The molecule has 7 N–H and O–H groups in total. The van der Waals surface area contributed by atoms with Gasteiger partial charge in [0.25, 0.3) is 5.91 Å². The number of hydrogen-bond acceptors (Lipinski definition) is 3. The molecule has 2 heterocycles. The number of halogens is 3. The first-order valence-corrected chi connectivity index (χ1v) is 12.1. The van der Waals surface area contributed by atoms with E-state index in [1.54, 1.807) is 41.0 Å². The summed E-state index contributed by atoms with van der Waals surface area (Å²) in [5, 5.41) is 17.5. The molecule has 2 aromatic rings. The van der Waals surface area contributed by atoms with Gasteiger partial charge in [0.2, 0.25) is 0 Å². The Labute approximate surface area is 218 Å². The lowest BCUT2D eigenvalue weighted by Crippen LogP contribution is -2.39. The predicted octanol–water partition coefficient (Wildman–Crippen LogP) is 4.23. The summed E-state index contributed by atoms with van der Waals surface area (Å²) in [6.07, 6.45) is 0.227. The lowest BCUT2D eigenvalue weighted by Gasteiger charge is -2.27. The first kappa shape index (κ1) is 26.8. The van der Waals surface area contributed by atoms with Crippen molar-refractivity contribution in [2.24, 2.45) is 11.5 Å². The molecule has 4 rings (SSSR count). The van der Waals surface area contributed by atoms with Crippen LogP contribution in [0.1, 0.15) is 45.5 Å². The van der Waals surface area contributed by atoms with Gasteiger partial charge in [0, 0.05) is 31.7 Å². The lowest BCUT2D eigenvalue weighted by molar-refractivity contribution is -0.136. The zero-order chi connectivity index (χ0) is 27.6. The molecular weight excluding hydrogens is 495 g/mol.